The van der Waals surface area contributed by atoms with E-state index in [1.807, 2.05) is 48.2 Å². The van der Waals surface area contributed by atoms with Crippen LogP contribution in [0.3, 0.4) is 0 Å². The standard InChI is InChI=1S/C27H24FN3O2S/c1-4-22(32)30-12-27(13-30)14-31(15-27)26-21-9-16(2)23(24(28)25(21)29-34-26)20-11-18(33-3)10-17-7-5-6-8-19(17)20/h4-11H,1,12-15H2,2-3H3. The first kappa shape index (κ1) is 21.1. The van der Waals surface area contributed by atoms with Crippen LogP contribution in [0.5, 0.6) is 5.75 Å². The van der Waals surface area contributed by atoms with Gasteiger partial charge in [0.05, 0.1) is 7.11 Å². The molecule has 0 saturated carbocycles. The lowest BCUT2D eigenvalue weighted by atomic mass is 9.73. The number of ether oxygens (including phenoxy) is 1. The second-order valence-corrected chi connectivity index (χ2v) is 10.2. The number of methoxy groups -OCH3 is 1. The summed E-state index contributed by atoms with van der Waals surface area (Å²) in [7, 11) is 1.63. The molecule has 2 aliphatic rings. The summed E-state index contributed by atoms with van der Waals surface area (Å²) in [5, 5.41) is 3.83. The number of anilines is 1. The lowest BCUT2D eigenvalue weighted by Crippen LogP contribution is -2.72. The molecular weight excluding hydrogens is 449 g/mol. The Hall–Kier alpha value is -3.45. The van der Waals surface area contributed by atoms with Gasteiger partial charge in [-0.15, -0.1) is 0 Å². The van der Waals surface area contributed by atoms with E-state index < -0.39 is 0 Å². The molecule has 0 bridgehead atoms. The molecule has 0 aliphatic carbocycles. The molecule has 34 heavy (non-hydrogen) atoms. The largest absolute Gasteiger partial charge is 0.497 e. The number of rotatable bonds is 4. The summed E-state index contributed by atoms with van der Waals surface area (Å²) >= 11 is 1.35. The minimum Gasteiger partial charge on any atom is -0.497 e. The van der Waals surface area contributed by atoms with Gasteiger partial charge in [-0.25, -0.2) is 4.39 Å². The van der Waals surface area contributed by atoms with Crippen molar-refractivity contribution < 1.29 is 13.9 Å². The monoisotopic (exact) mass is 473 g/mol. The molecule has 0 atom stereocenters. The molecule has 7 heteroatoms. The van der Waals surface area contributed by atoms with E-state index in [0.29, 0.717) is 16.8 Å². The number of halogens is 1. The van der Waals surface area contributed by atoms with Crippen molar-refractivity contribution in [2.45, 2.75) is 6.92 Å². The number of hydrogen-bond donors (Lipinski definition) is 0. The van der Waals surface area contributed by atoms with E-state index in [2.05, 4.69) is 21.9 Å². The molecule has 172 valence electrons. The number of hydrogen-bond acceptors (Lipinski definition) is 5. The molecule has 3 aromatic carbocycles. The van der Waals surface area contributed by atoms with Crippen LogP contribution in [0.15, 0.2) is 55.1 Å². The third kappa shape index (κ3) is 3.03. The van der Waals surface area contributed by atoms with Gasteiger partial charge in [0, 0.05) is 42.5 Å². The average Bonchev–Trinajstić information content (AvgIpc) is 3.20. The normalized spacial score (nSPS) is 16.6. The maximum absolute atomic E-state index is 16.0. The Morgan fingerprint density at radius 3 is 2.68 bits per heavy atom. The molecule has 1 amide bonds. The molecule has 0 radical (unpaired) electrons. The van der Waals surface area contributed by atoms with Crippen LogP contribution in [0.25, 0.3) is 32.8 Å². The molecule has 3 heterocycles. The molecule has 0 N–H and O–H groups in total. The van der Waals surface area contributed by atoms with E-state index in [1.54, 1.807) is 7.11 Å². The van der Waals surface area contributed by atoms with Crippen LogP contribution in [0.1, 0.15) is 5.56 Å². The lowest BCUT2D eigenvalue weighted by molar-refractivity contribution is -0.139. The molecule has 0 unspecified atom stereocenters. The Morgan fingerprint density at radius 2 is 1.94 bits per heavy atom. The highest BCUT2D eigenvalue weighted by molar-refractivity contribution is 7.11. The molecule has 2 aliphatic heterocycles. The molecule has 4 aromatic rings. The topological polar surface area (TPSA) is 45.7 Å². The van der Waals surface area contributed by atoms with Crippen LogP contribution < -0.4 is 9.64 Å². The zero-order valence-corrected chi connectivity index (χ0v) is 19.9. The zero-order valence-electron chi connectivity index (χ0n) is 19.1. The van der Waals surface area contributed by atoms with Gasteiger partial charge in [0.2, 0.25) is 5.91 Å². The molecule has 5 nitrogen and oxygen atoms in total. The predicted octanol–water partition coefficient (Wildman–Crippen LogP) is 5.41. The first-order valence-corrected chi connectivity index (χ1v) is 12.0. The van der Waals surface area contributed by atoms with Crippen LogP contribution in [-0.4, -0.2) is 48.5 Å². The van der Waals surface area contributed by atoms with Crippen LogP contribution in [-0.2, 0) is 4.79 Å². The van der Waals surface area contributed by atoms with Crippen LogP contribution in [0.2, 0.25) is 0 Å². The van der Waals surface area contributed by atoms with E-state index >= 15 is 4.39 Å². The van der Waals surface area contributed by atoms with Crippen molar-refractivity contribution in [3.05, 3.63) is 66.5 Å². The van der Waals surface area contributed by atoms with Gasteiger partial charge in [-0.05, 0) is 64.6 Å². The second kappa shape index (κ2) is 7.53. The van der Waals surface area contributed by atoms with E-state index in [9.17, 15) is 4.79 Å². The number of carbonyl (C=O) groups excluding carboxylic acids is 1. The van der Waals surface area contributed by atoms with E-state index in [-0.39, 0.29) is 17.1 Å². The SMILES string of the molecule is C=CC(=O)N1CC2(C1)CN(c1snc3c(F)c(-c4cc(OC)cc5ccccc45)c(C)cc13)C2. The Balaban J connectivity index is 1.37. The van der Waals surface area contributed by atoms with Crippen molar-refractivity contribution in [3.63, 3.8) is 0 Å². The number of fused-ring (bicyclic) bond motifs is 2. The Kier molecular flexibility index (Phi) is 4.68. The summed E-state index contributed by atoms with van der Waals surface area (Å²) in [5.41, 5.74) is 2.79. The third-order valence-corrected chi connectivity index (χ3v) is 8.04. The molecule has 2 saturated heterocycles. The lowest BCUT2D eigenvalue weighted by Gasteiger charge is -2.60. The first-order valence-electron chi connectivity index (χ1n) is 11.2. The average molecular weight is 474 g/mol. The Morgan fingerprint density at radius 1 is 1.18 bits per heavy atom. The van der Waals surface area contributed by atoms with Crippen LogP contribution in [0, 0.1) is 18.2 Å². The quantitative estimate of drug-likeness (QED) is 0.372. The van der Waals surface area contributed by atoms with Gasteiger partial charge in [0.15, 0.2) is 5.82 Å². The molecule has 2 fully saturated rings. The first-order chi connectivity index (χ1) is 16.4. The summed E-state index contributed by atoms with van der Waals surface area (Å²) in [6.07, 6.45) is 1.37. The van der Waals surface area contributed by atoms with E-state index in [0.717, 1.165) is 58.5 Å². The van der Waals surface area contributed by atoms with Gasteiger partial charge >= 0.3 is 0 Å². The summed E-state index contributed by atoms with van der Waals surface area (Å²) in [4.78, 5) is 15.9. The van der Waals surface area contributed by atoms with Crippen molar-refractivity contribution in [1.82, 2.24) is 9.27 Å². The number of aryl methyl sites for hydroxylation is 1. The maximum atomic E-state index is 16.0. The summed E-state index contributed by atoms with van der Waals surface area (Å²) in [5.74, 6) is 0.391. The summed E-state index contributed by atoms with van der Waals surface area (Å²) < 4.78 is 26.1. The van der Waals surface area contributed by atoms with Gasteiger partial charge in [0.25, 0.3) is 0 Å². The van der Waals surface area contributed by atoms with Crippen molar-refractivity contribution in [2.24, 2.45) is 5.41 Å². The van der Waals surface area contributed by atoms with E-state index in [4.69, 9.17) is 4.74 Å². The minimum absolute atomic E-state index is 0.0115. The van der Waals surface area contributed by atoms with Gasteiger partial charge in [-0.2, -0.15) is 4.37 Å². The highest BCUT2D eigenvalue weighted by Crippen LogP contribution is 2.47. The van der Waals surface area contributed by atoms with Gasteiger partial charge < -0.3 is 14.5 Å². The predicted molar refractivity (Wildman–Crippen MR) is 135 cm³/mol. The van der Waals surface area contributed by atoms with Gasteiger partial charge in [-0.3, -0.25) is 4.79 Å². The van der Waals surface area contributed by atoms with Crippen molar-refractivity contribution >= 4 is 44.1 Å². The van der Waals surface area contributed by atoms with Crippen molar-refractivity contribution in [1.29, 1.82) is 0 Å². The number of amides is 1. The molecule has 1 spiro atoms. The third-order valence-electron chi connectivity index (χ3n) is 7.11. The van der Waals surface area contributed by atoms with Gasteiger partial charge in [0.1, 0.15) is 16.3 Å². The second-order valence-electron chi connectivity index (χ2n) is 9.42. The fourth-order valence-electron chi connectivity index (χ4n) is 5.48. The Labute approximate surface area is 201 Å². The minimum atomic E-state index is -0.294. The maximum Gasteiger partial charge on any atom is 0.245 e. The number of benzene rings is 3. The molecular formula is C27H24FN3O2S. The Bertz CT molecular complexity index is 1480. The zero-order chi connectivity index (χ0) is 23.6. The summed E-state index contributed by atoms with van der Waals surface area (Å²) in [6.45, 7) is 8.74. The van der Waals surface area contributed by atoms with E-state index in [1.165, 1.54) is 17.6 Å². The highest BCUT2D eigenvalue weighted by Gasteiger charge is 2.53. The fourth-order valence-corrected chi connectivity index (χ4v) is 6.33. The molecule has 6 rings (SSSR count). The van der Waals surface area contributed by atoms with Crippen molar-refractivity contribution in [3.8, 4) is 16.9 Å². The van der Waals surface area contributed by atoms with Crippen LogP contribution in [0.4, 0.5) is 9.39 Å². The van der Waals surface area contributed by atoms with Gasteiger partial charge in [-0.1, -0.05) is 30.8 Å². The number of carbonyl (C=O) groups is 1. The number of aromatic nitrogens is 1. The number of likely N-dealkylation sites (tertiary alicyclic amines) is 1. The van der Waals surface area contributed by atoms with Crippen molar-refractivity contribution in [2.75, 3.05) is 38.2 Å². The molecule has 1 aromatic heterocycles. The smallest absolute Gasteiger partial charge is 0.245 e. The van der Waals surface area contributed by atoms with Crippen LogP contribution >= 0.6 is 11.5 Å². The fraction of sp³-hybridized carbons (Fsp3) is 0.259. The summed E-state index contributed by atoms with van der Waals surface area (Å²) in [6, 6.07) is 13.9. The highest BCUT2D eigenvalue weighted by atomic mass is 32.1. The number of nitrogens with zero attached hydrogens (tertiary/aromatic N) is 3.